The average molecular weight is 521 g/mol. The van der Waals surface area contributed by atoms with Gasteiger partial charge < -0.3 is 33.0 Å². The van der Waals surface area contributed by atoms with Crippen LogP contribution in [0.4, 0.5) is 0 Å². The van der Waals surface area contributed by atoms with E-state index in [0.717, 1.165) is 4.90 Å². The van der Waals surface area contributed by atoms with Gasteiger partial charge in [-0.05, 0) is 38.5 Å². The minimum atomic E-state index is -0.503. The Morgan fingerprint density at radius 2 is 1.28 bits per heavy atom. The van der Waals surface area contributed by atoms with Gasteiger partial charge in [0, 0.05) is 63.4 Å². The van der Waals surface area contributed by atoms with E-state index in [4.69, 9.17) is 0 Å². The fourth-order valence-electron chi connectivity index (χ4n) is 5.34. The molecule has 0 bridgehead atoms. The molecule has 6 amide bonds. The number of amides is 6. The Labute approximate surface area is 212 Å². The Kier molecular flexibility index (Phi) is 8.72. The van der Waals surface area contributed by atoms with Crippen LogP contribution in [0.25, 0.3) is 5.32 Å². The molecule has 2 aliphatic carbocycles. The van der Waals surface area contributed by atoms with Crippen LogP contribution in [0.2, 0.25) is 0 Å². The van der Waals surface area contributed by atoms with Crippen LogP contribution in [0.3, 0.4) is 0 Å². The Morgan fingerprint density at radius 1 is 0.812 bits per heavy atom. The molecule has 32 heavy (non-hydrogen) atoms. The summed E-state index contributed by atoms with van der Waals surface area (Å²) in [5.41, 5.74) is 0. The predicted molar refractivity (Wildman–Crippen MR) is 107 cm³/mol. The van der Waals surface area contributed by atoms with E-state index < -0.39 is 17.7 Å². The van der Waals surface area contributed by atoms with Crippen molar-refractivity contribution in [2.24, 2.45) is 35.5 Å². The first-order valence-electron chi connectivity index (χ1n) is 10.4. The SMILES string of the molecule is CN1C(=O)C2CCC(C(=O)NCNC(=O)C3CCC4C(=O)[N-]C(=O)C4C3)CC2C1=O.[CH3-].[Y]. The van der Waals surface area contributed by atoms with Crippen molar-refractivity contribution in [1.29, 1.82) is 0 Å². The predicted octanol–water partition coefficient (Wildman–Crippen LogP) is 0.128. The number of carbonyl (C=O) groups excluding carboxylic acids is 6. The van der Waals surface area contributed by atoms with Gasteiger partial charge in [-0.15, -0.1) is 0 Å². The molecule has 2 heterocycles. The molecule has 2 N–H and O–H groups in total. The van der Waals surface area contributed by atoms with E-state index in [2.05, 4.69) is 16.0 Å². The zero-order chi connectivity index (χ0) is 21.6. The van der Waals surface area contributed by atoms with Crippen molar-refractivity contribution < 1.29 is 61.5 Å². The van der Waals surface area contributed by atoms with Gasteiger partial charge >= 0.3 is 0 Å². The van der Waals surface area contributed by atoms with Crippen LogP contribution in [0.1, 0.15) is 38.5 Å². The Hall–Kier alpha value is -1.68. The van der Waals surface area contributed by atoms with E-state index in [-0.39, 0.29) is 100 Å². The number of nitrogens with one attached hydrogen (secondary N) is 2. The second-order valence-corrected chi connectivity index (χ2v) is 8.73. The molecule has 0 spiro atoms. The summed E-state index contributed by atoms with van der Waals surface area (Å²) in [6.07, 6.45) is 2.64. The average Bonchev–Trinajstić information content (AvgIpc) is 3.15. The van der Waals surface area contributed by atoms with Gasteiger partial charge in [-0.1, -0.05) is 0 Å². The summed E-state index contributed by atoms with van der Waals surface area (Å²) < 4.78 is 0. The van der Waals surface area contributed by atoms with Crippen molar-refractivity contribution in [2.75, 3.05) is 13.7 Å². The maximum Gasteiger partial charge on any atom is 0.232 e. The number of hydrogen-bond donors (Lipinski definition) is 2. The molecule has 6 atom stereocenters. The van der Waals surface area contributed by atoms with Crippen molar-refractivity contribution in [3.8, 4) is 0 Å². The smallest absolute Gasteiger partial charge is 0.232 e. The minimum absolute atomic E-state index is 0. The third kappa shape index (κ3) is 4.81. The summed E-state index contributed by atoms with van der Waals surface area (Å²) in [7, 11) is 1.48. The third-order valence-corrected chi connectivity index (χ3v) is 7.12. The zero-order valence-electron chi connectivity index (χ0n) is 18.3. The molecule has 11 heteroatoms. The van der Waals surface area contributed by atoms with Gasteiger partial charge in [-0.2, -0.15) is 0 Å². The molecule has 4 fully saturated rings. The minimum Gasteiger partial charge on any atom is -0.595 e. The van der Waals surface area contributed by atoms with Gasteiger partial charge in [0.2, 0.25) is 23.6 Å². The largest absolute Gasteiger partial charge is 0.595 e. The molecule has 10 nitrogen and oxygen atoms in total. The number of nitrogens with zero attached hydrogens (tertiary/aromatic N) is 2. The molecule has 0 aromatic carbocycles. The second kappa shape index (κ2) is 10.5. The van der Waals surface area contributed by atoms with Gasteiger partial charge in [0.05, 0.1) is 30.3 Å². The van der Waals surface area contributed by atoms with Crippen LogP contribution in [0, 0.1) is 42.9 Å². The third-order valence-electron chi connectivity index (χ3n) is 7.12. The van der Waals surface area contributed by atoms with Gasteiger partial charge in [-0.25, -0.2) is 0 Å². The molecule has 2 aliphatic heterocycles. The molecule has 4 rings (SSSR count). The molecule has 4 aliphatic rings. The van der Waals surface area contributed by atoms with Crippen LogP contribution in [-0.2, 0) is 61.5 Å². The second-order valence-electron chi connectivity index (χ2n) is 8.73. The number of rotatable bonds is 4. The number of fused-ring (bicyclic) bond motifs is 2. The molecule has 0 aromatic rings. The number of likely N-dealkylation sites (tertiary alicyclic amines) is 1. The summed E-state index contributed by atoms with van der Waals surface area (Å²) in [5.74, 6) is -4.11. The van der Waals surface area contributed by atoms with E-state index in [1.54, 1.807) is 0 Å². The van der Waals surface area contributed by atoms with Crippen molar-refractivity contribution in [1.82, 2.24) is 15.5 Å². The van der Waals surface area contributed by atoms with Gasteiger partial charge in [-0.3, -0.25) is 24.1 Å². The molecular weight excluding hydrogens is 493 g/mol. The molecule has 6 unspecified atom stereocenters. The summed E-state index contributed by atoms with van der Waals surface area (Å²) in [6, 6.07) is 0. The van der Waals surface area contributed by atoms with E-state index in [9.17, 15) is 28.8 Å². The molecule has 173 valence electrons. The maximum atomic E-state index is 12.5. The normalized spacial score (nSPS) is 33.3. The van der Waals surface area contributed by atoms with Crippen LogP contribution in [0.5, 0.6) is 0 Å². The van der Waals surface area contributed by atoms with Crippen molar-refractivity contribution >= 4 is 35.4 Å². The monoisotopic (exact) mass is 521 g/mol. The van der Waals surface area contributed by atoms with Gasteiger partial charge in [0.25, 0.3) is 0 Å². The molecular formula is C21H28N4O6Y-2. The van der Waals surface area contributed by atoms with E-state index >= 15 is 0 Å². The molecule has 1 radical (unpaired) electrons. The summed E-state index contributed by atoms with van der Waals surface area (Å²) >= 11 is 0. The Morgan fingerprint density at radius 3 is 1.88 bits per heavy atom. The molecule has 2 saturated heterocycles. The van der Waals surface area contributed by atoms with Crippen LogP contribution < -0.4 is 10.6 Å². The fourth-order valence-corrected chi connectivity index (χ4v) is 5.34. The summed E-state index contributed by atoms with van der Waals surface area (Å²) in [6.45, 7) is -0.0448. The first kappa shape index (κ1) is 26.6. The van der Waals surface area contributed by atoms with E-state index in [0.29, 0.717) is 38.5 Å². The fraction of sp³-hybridized carbons (Fsp3) is 0.667. The molecule has 0 aromatic heterocycles. The Balaban J connectivity index is 0.00000181. The van der Waals surface area contributed by atoms with Crippen LogP contribution in [-0.4, -0.2) is 54.1 Å². The first-order valence-corrected chi connectivity index (χ1v) is 10.4. The summed E-state index contributed by atoms with van der Waals surface area (Å²) in [5, 5.41) is 8.84. The number of hydrogen-bond acceptors (Lipinski definition) is 6. The van der Waals surface area contributed by atoms with Crippen molar-refractivity contribution in [3.63, 3.8) is 0 Å². The Bertz CT molecular complexity index is 833. The quantitative estimate of drug-likeness (QED) is 0.306. The van der Waals surface area contributed by atoms with Crippen LogP contribution in [0.15, 0.2) is 0 Å². The zero-order valence-corrected chi connectivity index (χ0v) is 21.2. The van der Waals surface area contributed by atoms with Crippen LogP contribution >= 0.6 is 0 Å². The van der Waals surface area contributed by atoms with Crippen molar-refractivity contribution in [2.45, 2.75) is 38.5 Å². The standard InChI is InChI=1S/C20H26N4O6.CH3.Y/c1-24-19(29)12-5-3-10(7-14(12)20(24)30)16(26)22-8-21-15(25)9-2-4-11-13(6-9)18(28)23-17(11)27;;/h9-14H,2-8H2,1H3,(H3,21,22,23,25,26,27,28);1H3;/q;-1;/p-1. The first-order chi connectivity index (χ1) is 14.3. The molecule has 2 saturated carbocycles. The van der Waals surface area contributed by atoms with E-state index in [1.807, 2.05) is 0 Å². The van der Waals surface area contributed by atoms with E-state index in [1.165, 1.54) is 7.05 Å². The number of imide groups is 2. The maximum absolute atomic E-state index is 12.5. The summed E-state index contributed by atoms with van der Waals surface area (Å²) in [4.78, 5) is 73.7. The van der Waals surface area contributed by atoms with Crippen molar-refractivity contribution in [3.05, 3.63) is 12.7 Å². The number of carbonyl (C=O) groups is 6. The van der Waals surface area contributed by atoms with Gasteiger partial charge in [0.1, 0.15) is 0 Å². The van der Waals surface area contributed by atoms with Gasteiger partial charge in [0.15, 0.2) is 0 Å². The topological polar surface area (TPSA) is 144 Å².